The molecule has 0 unspecified atom stereocenters. The van der Waals surface area contributed by atoms with Crippen molar-refractivity contribution in [3.05, 3.63) is 52.0 Å². The van der Waals surface area contributed by atoms with Gasteiger partial charge in [0.05, 0.1) is 12.1 Å². The zero-order valence-corrected chi connectivity index (χ0v) is 17.0. The highest BCUT2D eigenvalue weighted by Gasteiger charge is 2.50. The van der Waals surface area contributed by atoms with Gasteiger partial charge >= 0.3 is 0 Å². The molecule has 0 saturated heterocycles. The number of carbonyl (C=O) groups is 2. The largest absolute Gasteiger partial charge is 0.454 e. The van der Waals surface area contributed by atoms with Crippen molar-refractivity contribution in [3.8, 4) is 11.5 Å². The first-order chi connectivity index (χ1) is 13.4. The minimum absolute atomic E-state index is 0.114. The third-order valence-electron chi connectivity index (χ3n) is 5.14. The van der Waals surface area contributed by atoms with E-state index in [1.807, 2.05) is 13.0 Å². The van der Waals surface area contributed by atoms with Gasteiger partial charge in [-0.25, -0.2) is 0 Å². The van der Waals surface area contributed by atoms with E-state index < -0.39 is 11.5 Å². The van der Waals surface area contributed by atoms with Crippen molar-refractivity contribution < 1.29 is 24.2 Å². The summed E-state index contributed by atoms with van der Waals surface area (Å²) in [6, 6.07) is 10.2. The first-order valence-corrected chi connectivity index (χ1v) is 10.0. The zero-order chi connectivity index (χ0) is 19.9. The van der Waals surface area contributed by atoms with E-state index >= 15 is 0 Å². The molecule has 0 radical (unpaired) electrons. The van der Waals surface area contributed by atoms with Gasteiger partial charge in [0.25, 0.3) is 5.91 Å². The van der Waals surface area contributed by atoms with Gasteiger partial charge < -0.3 is 19.5 Å². The fourth-order valence-electron chi connectivity index (χ4n) is 3.64. The minimum Gasteiger partial charge on any atom is -0.454 e. The molecule has 2 aromatic carbocycles. The van der Waals surface area contributed by atoms with E-state index in [2.05, 4.69) is 15.9 Å². The Hall–Kier alpha value is -2.38. The van der Waals surface area contributed by atoms with Crippen molar-refractivity contribution in [2.45, 2.75) is 31.8 Å². The summed E-state index contributed by atoms with van der Waals surface area (Å²) in [5.74, 6) is 0.274. The number of carbonyl (C=O) groups excluding carboxylic acids is 2. The van der Waals surface area contributed by atoms with Crippen LogP contribution in [0.4, 0.5) is 5.69 Å². The normalized spacial score (nSPS) is 19.8. The molecular formula is C21H20BrNO5. The van der Waals surface area contributed by atoms with Gasteiger partial charge in [-0.05, 0) is 42.8 Å². The number of rotatable bonds is 6. The molecule has 1 atom stereocenters. The Kier molecular flexibility index (Phi) is 4.89. The van der Waals surface area contributed by atoms with E-state index in [0.29, 0.717) is 34.9 Å². The number of fused-ring (bicyclic) bond motifs is 2. The fourth-order valence-corrected chi connectivity index (χ4v) is 4.00. The summed E-state index contributed by atoms with van der Waals surface area (Å²) in [7, 11) is 0. The van der Waals surface area contributed by atoms with Crippen LogP contribution in [-0.4, -0.2) is 30.1 Å². The molecule has 2 aliphatic heterocycles. The summed E-state index contributed by atoms with van der Waals surface area (Å²) >= 11 is 3.40. The standard InChI is InChI=1S/C21H20BrNO5/c1-2-3-8-23-16-6-5-14(22)10-15(16)21(26,20(23)25)11-17(24)13-4-7-18-19(9-13)28-12-27-18/h4-7,9-10,26H,2-3,8,11-12H2,1H3/t21-/m1/s1. The van der Waals surface area contributed by atoms with Crippen LogP contribution in [0.5, 0.6) is 11.5 Å². The zero-order valence-electron chi connectivity index (χ0n) is 15.4. The molecule has 0 spiro atoms. The number of halogens is 1. The Morgan fingerprint density at radius 2 is 2.00 bits per heavy atom. The maximum absolute atomic E-state index is 13.1. The molecule has 1 N–H and O–H groups in total. The smallest absolute Gasteiger partial charge is 0.264 e. The maximum atomic E-state index is 13.1. The molecule has 2 aliphatic rings. The summed E-state index contributed by atoms with van der Waals surface area (Å²) in [4.78, 5) is 27.6. The first-order valence-electron chi connectivity index (χ1n) is 9.21. The van der Waals surface area contributed by atoms with Gasteiger partial charge in [0.1, 0.15) is 0 Å². The Bertz CT molecular complexity index is 960. The van der Waals surface area contributed by atoms with Crippen LogP contribution in [0.15, 0.2) is 40.9 Å². The topological polar surface area (TPSA) is 76.1 Å². The number of aliphatic hydroxyl groups is 1. The monoisotopic (exact) mass is 445 g/mol. The van der Waals surface area contributed by atoms with Crippen LogP contribution in [0, 0.1) is 0 Å². The second-order valence-electron chi connectivity index (χ2n) is 7.00. The molecule has 0 saturated carbocycles. The van der Waals surface area contributed by atoms with Crippen LogP contribution in [-0.2, 0) is 10.4 Å². The van der Waals surface area contributed by atoms with Gasteiger partial charge in [0.2, 0.25) is 6.79 Å². The number of nitrogens with zero attached hydrogens (tertiary/aromatic N) is 1. The lowest BCUT2D eigenvalue weighted by Gasteiger charge is -2.22. The van der Waals surface area contributed by atoms with Crippen molar-refractivity contribution in [2.75, 3.05) is 18.2 Å². The number of amides is 1. The molecule has 7 heteroatoms. The van der Waals surface area contributed by atoms with Crippen LogP contribution in [0.1, 0.15) is 42.1 Å². The van der Waals surface area contributed by atoms with Crippen molar-refractivity contribution in [1.82, 2.24) is 0 Å². The Balaban J connectivity index is 1.67. The molecule has 2 heterocycles. The summed E-state index contributed by atoms with van der Waals surface area (Å²) in [5, 5.41) is 11.3. The number of unbranched alkanes of at least 4 members (excludes halogenated alkanes) is 1. The third-order valence-corrected chi connectivity index (χ3v) is 5.63. The molecule has 0 aliphatic carbocycles. The van der Waals surface area contributed by atoms with E-state index in [9.17, 15) is 14.7 Å². The molecule has 0 aromatic heterocycles. The number of hydrogen-bond donors (Lipinski definition) is 1. The van der Waals surface area contributed by atoms with Crippen LogP contribution in [0.3, 0.4) is 0 Å². The van der Waals surface area contributed by atoms with Crippen LogP contribution in [0.2, 0.25) is 0 Å². The van der Waals surface area contributed by atoms with E-state index in [1.165, 1.54) is 0 Å². The van der Waals surface area contributed by atoms with Crippen molar-refractivity contribution >= 4 is 33.3 Å². The van der Waals surface area contributed by atoms with Crippen molar-refractivity contribution in [2.24, 2.45) is 0 Å². The molecule has 6 nitrogen and oxygen atoms in total. The lowest BCUT2D eigenvalue weighted by molar-refractivity contribution is -0.135. The number of hydrogen-bond acceptors (Lipinski definition) is 5. The number of anilines is 1. The van der Waals surface area contributed by atoms with E-state index in [-0.39, 0.29) is 19.0 Å². The van der Waals surface area contributed by atoms with Gasteiger partial charge in [0, 0.05) is 22.1 Å². The molecule has 0 bridgehead atoms. The van der Waals surface area contributed by atoms with Gasteiger partial charge in [-0.3, -0.25) is 9.59 Å². The first kappa shape index (κ1) is 19.0. The molecule has 28 heavy (non-hydrogen) atoms. The molecule has 1 amide bonds. The lowest BCUT2D eigenvalue weighted by atomic mass is 9.88. The molecular weight excluding hydrogens is 426 g/mol. The minimum atomic E-state index is -1.89. The second kappa shape index (κ2) is 7.22. The number of ether oxygens (including phenoxy) is 2. The van der Waals surface area contributed by atoms with E-state index in [0.717, 1.165) is 17.3 Å². The summed E-state index contributed by atoms with van der Waals surface area (Å²) in [5.41, 5.74) is -0.408. The Labute approximate surface area is 171 Å². The number of ketones is 1. The number of benzene rings is 2. The highest BCUT2D eigenvalue weighted by Crippen LogP contribution is 2.44. The highest BCUT2D eigenvalue weighted by atomic mass is 79.9. The highest BCUT2D eigenvalue weighted by molar-refractivity contribution is 9.10. The van der Waals surface area contributed by atoms with Crippen molar-refractivity contribution in [3.63, 3.8) is 0 Å². The number of Topliss-reactive ketones (excluding diaryl/α,β-unsaturated/α-hetero) is 1. The molecule has 2 aromatic rings. The quantitative estimate of drug-likeness (QED) is 0.684. The predicted molar refractivity (Wildman–Crippen MR) is 107 cm³/mol. The lowest BCUT2D eigenvalue weighted by Crippen LogP contribution is -2.42. The van der Waals surface area contributed by atoms with Gasteiger partial charge in [0.15, 0.2) is 22.9 Å². The van der Waals surface area contributed by atoms with Gasteiger partial charge in [-0.15, -0.1) is 0 Å². The van der Waals surface area contributed by atoms with Crippen LogP contribution in [0.25, 0.3) is 0 Å². The van der Waals surface area contributed by atoms with Crippen LogP contribution >= 0.6 is 15.9 Å². The second-order valence-corrected chi connectivity index (χ2v) is 7.92. The third kappa shape index (κ3) is 3.08. The van der Waals surface area contributed by atoms with Gasteiger partial charge in [-0.2, -0.15) is 0 Å². The average Bonchev–Trinajstić information content (AvgIpc) is 3.22. The van der Waals surface area contributed by atoms with E-state index in [1.54, 1.807) is 35.2 Å². The van der Waals surface area contributed by atoms with Crippen molar-refractivity contribution in [1.29, 1.82) is 0 Å². The predicted octanol–water partition coefficient (Wildman–Crippen LogP) is 3.79. The SMILES string of the molecule is CCCCN1C(=O)[C@@](O)(CC(=O)c2ccc3c(c2)OCO3)c2cc(Br)ccc21. The Morgan fingerprint density at radius 1 is 1.21 bits per heavy atom. The fraction of sp³-hybridized carbons (Fsp3) is 0.333. The van der Waals surface area contributed by atoms with Gasteiger partial charge in [-0.1, -0.05) is 29.3 Å². The molecule has 146 valence electrons. The summed E-state index contributed by atoms with van der Waals surface area (Å²) in [6.45, 7) is 2.66. The molecule has 0 fully saturated rings. The maximum Gasteiger partial charge on any atom is 0.264 e. The van der Waals surface area contributed by atoms with E-state index in [4.69, 9.17) is 9.47 Å². The summed E-state index contributed by atoms with van der Waals surface area (Å²) < 4.78 is 11.3. The Morgan fingerprint density at radius 3 is 2.79 bits per heavy atom. The molecule has 4 rings (SSSR count). The summed E-state index contributed by atoms with van der Waals surface area (Å²) in [6.07, 6.45) is 1.40. The van der Waals surface area contributed by atoms with Crippen LogP contribution < -0.4 is 14.4 Å². The average molecular weight is 446 g/mol.